The van der Waals surface area contributed by atoms with Crippen molar-refractivity contribution < 1.29 is 23.8 Å². The molecule has 1 fully saturated rings. The molecule has 3 aromatic rings. The van der Waals surface area contributed by atoms with E-state index in [0.29, 0.717) is 36.2 Å². The summed E-state index contributed by atoms with van der Waals surface area (Å²) in [4.78, 5) is 27.2. The van der Waals surface area contributed by atoms with Crippen molar-refractivity contribution in [3.63, 3.8) is 0 Å². The number of aryl methyl sites for hydroxylation is 1. The Morgan fingerprint density at radius 1 is 0.846 bits per heavy atom. The molecule has 6 nitrogen and oxygen atoms in total. The Morgan fingerprint density at radius 3 is 2.21 bits per heavy atom. The van der Waals surface area contributed by atoms with Crippen molar-refractivity contribution in [3.8, 4) is 17.2 Å². The summed E-state index contributed by atoms with van der Waals surface area (Å²) in [5.41, 5.74) is 4.14. The fraction of sp³-hybridized carbons (Fsp3) is 0.312. The van der Waals surface area contributed by atoms with Crippen molar-refractivity contribution in [2.75, 3.05) is 19.8 Å². The highest BCUT2D eigenvalue weighted by atomic mass is 32.2. The van der Waals surface area contributed by atoms with Crippen molar-refractivity contribution in [2.45, 2.75) is 46.6 Å². The van der Waals surface area contributed by atoms with E-state index in [9.17, 15) is 9.59 Å². The molecular weight excluding hydrogens is 510 g/mol. The minimum absolute atomic E-state index is 0.0967. The van der Waals surface area contributed by atoms with Crippen LogP contribution < -0.4 is 14.2 Å². The molecule has 2 amide bonds. The second-order valence-corrected chi connectivity index (χ2v) is 11.4. The van der Waals surface area contributed by atoms with E-state index in [-0.39, 0.29) is 23.1 Å². The fourth-order valence-corrected chi connectivity index (χ4v) is 4.87. The van der Waals surface area contributed by atoms with Crippen LogP contribution in [0, 0.1) is 6.92 Å². The first-order valence-corrected chi connectivity index (χ1v) is 13.9. The fourth-order valence-electron chi connectivity index (χ4n) is 4.03. The number of carbonyl (C=O) groups excluding carboxylic acids is 2. The molecule has 0 aliphatic carbocycles. The second-order valence-electron chi connectivity index (χ2n) is 10.4. The van der Waals surface area contributed by atoms with Gasteiger partial charge in [-0.15, -0.1) is 0 Å². The maximum atomic E-state index is 13.0. The molecule has 0 radical (unpaired) electrons. The Kier molecular flexibility index (Phi) is 9.02. The molecule has 1 heterocycles. The number of nitrogens with zero attached hydrogens (tertiary/aromatic N) is 1. The van der Waals surface area contributed by atoms with Gasteiger partial charge in [-0.2, -0.15) is 0 Å². The number of thioether (sulfide) groups is 1. The van der Waals surface area contributed by atoms with E-state index in [0.717, 1.165) is 34.2 Å². The molecule has 4 rings (SSSR count). The van der Waals surface area contributed by atoms with Crippen molar-refractivity contribution in [2.24, 2.45) is 0 Å². The Hall–Kier alpha value is -3.71. The van der Waals surface area contributed by atoms with Gasteiger partial charge in [-0.25, -0.2) is 0 Å². The average Bonchev–Trinajstić information content (AvgIpc) is 3.16. The first-order chi connectivity index (χ1) is 18.6. The molecule has 1 aliphatic heterocycles. The third-order valence-corrected chi connectivity index (χ3v) is 7.14. The summed E-state index contributed by atoms with van der Waals surface area (Å²) < 4.78 is 17.6. The van der Waals surface area contributed by atoms with E-state index in [4.69, 9.17) is 14.2 Å². The summed E-state index contributed by atoms with van der Waals surface area (Å²) in [6.45, 7) is 11.9. The number of rotatable bonds is 10. The van der Waals surface area contributed by atoms with Crippen LogP contribution in [0.3, 0.4) is 0 Å². The molecule has 0 N–H and O–H groups in total. The minimum Gasteiger partial charge on any atom is -0.490 e. The highest BCUT2D eigenvalue weighted by Gasteiger charge is 2.35. The lowest BCUT2D eigenvalue weighted by molar-refractivity contribution is -0.123. The largest absolute Gasteiger partial charge is 0.490 e. The van der Waals surface area contributed by atoms with Crippen LogP contribution >= 0.6 is 11.8 Å². The van der Waals surface area contributed by atoms with Gasteiger partial charge in [-0.3, -0.25) is 14.5 Å². The number of hydrogen-bond donors (Lipinski definition) is 0. The van der Waals surface area contributed by atoms with Crippen LogP contribution in [0.25, 0.3) is 6.08 Å². The lowest BCUT2D eigenvalue weighted by atomic mass is 9.87. The smallest absolute Gasteiger partial charge is 0.293 e. The van der Waals surface area contributed by atoms with Gasteiger partial charge in [-0.1, -0.05) is 68.8 Å². The molecule has 204 valence electrons. The number of benzene rings is 3. The molecule has 3 aromatic carbocycles. The van der Waals surface area contributed by atoms with Crippen LogP contribution in [0.2, 0.25) is 0 Å². The zero-order valence-electron chi connectivity index (χ0n) is 23.2. The molecule has 0 saturated carbocycles. The lowest BCUT2D eigenvalue weighted by Gasteiger charge is -2.19. The normalized spacial score (nSPS) is 14.7. The molecule has 1 aliphatic rings. The van der Waals surface area contributed by atoms with Gasteiger partial charge in [0.25, 0.3) is 11.1 Å². The third kappa shape index (κ3) is 7.45. The van der Waals surface area contributed by atoms with Gasteiger partial charge in [0.05, 0.1) is 18.1 Å². The average molecular weight is 546 g/mol. The topological polar surface area (TPSA) is 65.1 Å². The molecule has 0 aromatic heterocycles. The summed E-state index contributed by atoms with van der Waals surface area (Å²) in [6, 6.07) is 21.4. The zero-order valence-corrected chi connectivity index (χ0v) is 24.0. The van der Waals surface area contributed by atoms with Gasteiger partial charge in [0.2, 0.25) is 0 Å². The first-order valence-electron chi connectivity index (χ1n) is 13.1. The molecule has 0 atom stereocenters. The Labute approximate surface area is 235 Å². The Balaban J connectivity index is 1.37. The highest BCUT2D eigenvalue weighted by Crippen LogP contribution is 2.35. The molecule has 0 bridgehead atoms. The van der Waals surface area contributed by atoms with E-state index in [1.165, 1.54) is 10.5 Å². The molecule has 1 saturated heterocycles. The quantitative estimate of drug-likeness (QED) is 0.196. The van der Waals surface area contributed by atoms with Crippen LogP contribution in [0.5, 0.6) is 17.2 Å². The molecule has 0 spiro atoms. The predicted molar refractivity (Wildman–Crippen MR) is 156 cm³/mol. The van der Waals surface area contributed by atoms with Gasteiger partial charge >= 0.3 is 0 Å². The van der Waals surface area contributed by atoms with Crippen molar-refractivity contribution in [3.05, 3.63) is 93.9 Å². The number of imide groups is 1. The molecule has 0 unspecified atom stereocenters. The standard InChI is InChI=1S/C32H35NO5S/c1-6-36-28-19-24(20-29-30(34)33(31(35)39-29)21-23-9-7-22(2)8-10-23)11-16-27(28)38-18-17-37-26-14-12-25(13-15-26)32(3,4)5/h7-16,19-20H,6,17-18,21H2,1-5H3/b29-20-. The van der Waals surface area contributed by atoms with Crippen LogP contribution in [-0.2, 0) is 16.8 Å². The number of carbonyl (C=O) groups is 2. The lowest BCUT2D eigenvalue weighted by Crippen LogP contribution is -2.27. The van der Waals surface area contributed by atoms with Crippen molar-refractivity contribution in [1.29, 1.82) is 0 Å². The summed E-state index contributed by atoms with van der Waals surface area (Å²) in [7, 11) is 0. The summed E-state index contributed by atoms with van der Waals surface area (Å²) in [5, 5.41) is -0.273. The van der Waals surface area contributed by atoms with Gasteiger partial charge in [0, 0.05) is 0 Å². The van der Waals surface area contributed by atoms with Gasteiger partial charge < -0.3 is 14.2 Å². The van der Waals surface area contributed by atoms with Crippen LogP contribution in [-0.4, -0.2) is 35.9 Å². The van der Waals surface area contributed by atoms with E-state index in [1.54, 1.807) is 6.08 Å². The van der Waals surface area contributed by atoms with Crippen LogP contribution in [0.15, 0.2) is 71.6 Å². The Bertz CT molecular complexity index is 1340. The maximum Gasteiger partial charge on any atom is 0.293 e. The highest BCUT2D eigenvalue weighted by molar-refractivity contribution is 8.18. The monoisotopic (exact) mass is 545 g/mol. The van der Waals surface area contributed by atoms with E-state index in [2.05, 4.69) is 32.9 Å². The Morgan fingerprint density at radius 2 is 1.54 bits per heavy atom. The summed E-state index contributed by atoms with van der Waals surface area (Å²) in [5.74, 6) is 1.66. The van der Waals surface area contributed by atoms with Gasteiger partial charge in [0.1, 0.15) is 19.0 Å². The zero-order chi connectivity index (χ0) is 28.0. The van der Waals surface area contributed by atoms with Crippen LogP contribution in [0.4, 0.5) is 4.79 Å². The summed E-state index contributed by atoms with van der Waals surface area (Å²) in [6.07, 6.45) is 1.72. The molecule has 39 heavy (non-hydrogen) atoms. The van der Waals surface area contributed by atoms with Gasteiger partial charge in [-0.05, 0) is 78.1 Å². The van der Waals surface area contributed by atoms with E-state index in [1.807, 2.05) is 68.4 Å². The number of amides is 2. The van der Waals surface area contributed by atoms with Crippen molar-refractivity contribution >= 4 is 29.0 Å². The third-order valence-electron chi connectivity index (χ3n) is 6.23. The SMILES string of the molecule is CCOc1cc(/C=C2\SC(=O)N(Cc3ccc(C)cc3)C2=O)ccc1OCCOc1ccc(C(C)(C)C)cc1. The minimum atomic E-state index is -0.295. The predicted octanol–water partition coefficient (Wildman–Crippen LogP) is 7.39. The molecular formula is C32H35NO5S. The van der Waals surface area contributed by atoms with E-state index >= 15 is 0 Å². The second kappa shape index (κ2) is 12.4. The van der Waals surface area contributed by atoms with Gasteiger partial charge in [0.15, 0.2) is 11.5 Å². The van der Waals surface area contributed by atoms with Crippen molar-refractivity contribution in [1.82, 2.24) is 4.90 Å². The molecule has 7 heteroatoms. The maximum absolute atomic E-state index is 13.0. The first kappa shape index (κ1) is 28.3. The number of hydrogen-bond acceptors (Lipinski definition) is 6. The summed E-state index contributed by atoms with van der Waals surface area (Å²) >= 11 is 0.949. The van der Waals surface area contributed by atoms with E-state index < -0.39 is 0 Å². The van der Waals surface area contributed by atoms with Crippen LogP contribution in [0.1, 0.15) is 49.9 Å². The number of ether oxygens (including phenoxy) is 3.